The molecule has 110 valence electrons. The third-order valence-electron chi connectivity index (χ3n) is 3.39. The van der Waals surface area contributed by atoms with Gasteiger partial charge in [-0.2, -0.15) is 0 Å². The van der Waals surface area contributed by atoms with Crippen LogP contribution in [-0.2, 0) is 6.42 Å². The van der Waals surface area contributed by atoms with E-state index >= 15 is 0 Å². The molecule has 0 saturated carbocycles. The van der Waals surface area contributed by atoms with Crippen LogP contribution in [0.1, 0.15) is 22.3 Å². The Morgan fingerprint density at radius 3 is 2.48 bits per heavy atom. The minimum atomic E-state index is -0.364. The fourth-order valence-electron chi connectivity index (χ4n) is 2.18. The van der Waals surface area contributed by atoms with Gasteiger partial charge in [-0.3, -0.25) is 4.79 Å². The second-order valence-electron chi connectivity index (χ2n) is 4.99. The number of amides is 1. The third-order valence-corrected chi connectivity index (χ3v) is 3.39. The first kappa shape index (κ1) is 14.9. The molecule has 0 unspecified atom stereocenters. The molecule has 0 saturated heterocycles. The molecule has 0 radical (unpaired) electrons. The van der Waals surface area contributed by atoms with E-state index in [0.717, 1.165) is 12.8 Å². The highest BCUT2D eigenvalue weighted by atomic mass is 16.3. The van der Waals surface area contributed by atoms with Crippen LogP contribution < -0.4 is 0 Å². The van der Waals surface area contributed by atoms with Crippen LogP contribution in [0.25, 0.3) is 0 Å². The smallest absolute Gasteiger partial charge is 0.257 e. The lowest BCUT2D eigenvalue weighted by Gasteiger charge is -2.18. The first-order chi connectivity index (χ1) is 10.1. The van der Waals surface area contributed by atoms with Gasteiger partial charge in [0.25, 0.3) is 5.91 Å². The summed E-state index contributed by atoms with van der Waals surface area (Å²) in [4.78, 5) is 13.8. The van der Waals surface area contributed by atoms with Crippen LogP contribution >= 0.6 is 0 Å². The monoisotopic (exact) mass is 285 g/mol. The number of hydrogen-bond acceptors (Lipinski definition) is 3. The number of phenols is 2. The molecule has 2 rings (SSSR count). The Balaban J connectivity index is 1.92. The number of carbonyl (C=O) groups is 1. The van der Waals surface area contributed by atoms with Crippen molar-refractivity contribution in [3.05, 3.63) is 59.7 Å². The molecule has 0 aliphatic carbocycles. The Bertz CT molecular complexity index is 611. The van der Waals surface area contributed by atoms with E-state index in [1.807, 2.05) is 18.2 Å². The number of carbonyl (C=O) groups excluding carboxylic acids is 1. The first-order valence-electron chi connectivity index (χ1n) is 6.90. The van der Waals surface area contributed by atoms with Crippen LogP contribution in [0.2, 0.25) is 0 Å². The molecule has 0 aromatic heterocycles. The standard InChI is InChI=1S/C17H19NO3/c1-18(12-6-9-13-7-3-2-4-8-13)17(21)14-10-5-11-15(19)16(14)20/h2-5,7-8,10-11,19-20H,6,9,12H2,1H3. The van der Waals surface area contributed by atoms with Crippen LogP contribution in [0.3, 0.4) is 0 Å². The van der Waals surface area contributed by atoms with Gasteiger partial charge in [-0.1, -0.05) is 36.4 Å². The molecule has 2 aromatic rings. The van der Waals surface area contributed by atoms with E-state index in [1.54, 1.807) is 18.0 Å². The van der Waals surface area contributed by atoms with Gasteiger partial charge in [0.05, 0.1) is 5.56 Å². The minimum Gasteiger partial charge on any atom is -0.504 e. The van der Waals surface area contributed by atoms with Crippen LogP contribution in [0.4, 0.5) is 0 Å². The molecule has 0 heterocycles. The van der Waals surface area contributed by atoms with Crippen molar-refractivity contribution < 1.29 is 15.0 Å². The number of nitrogens with zero attached hydrogens (tertiary/aromatic N) is 1. The van der Waals surface area contributed by atoms with Gasteiger partial charge < -0.3 is 15.1 Å². The zero-order valence-electron chi connectivity index (χ0n) is 12.0. The SMILES string of the molecule is CN(CCCc1ccccc1)C(=O)c1cccc(O)c1O. The van der Waals surface area contributed by atoms with Crippen LogP contribution in [0.5, 0.6) is 11.5 Å². The summed E-state index contributed by atoms with van der Waals surface area (Å²) in [5, 5.41) is 19.2. The van der Waals surface area contributed by atoms with E-state index < -0.39 is 0 Å². The Labute approximate surface area is 124 Å². The first-order valence-corrected chi connectivity index (χ1v) is 6.90. The summed E-state index contributed by atoms with van der Waals surface area (Å²) in [5.41, 5.74) is 1.36. The van der Waals surface area contributed by atoms with Gasteiger partial charge in [0.1, 0.15) is 0 Å². The van der Waals surface area contributed by atoms with Crippen molar-refractivity contribution in [2.45, 2.75) is 12.8 Å². The second kappa shape index (κ2) is 6.79. The van der Waals surface area contributed by atoms with Crippen molar-refractivity contribution >= 4 is 5.91 Å². The van der Waals surface area contributed by atoms with Crippen molar-refractivity contribution in [1.29, 1.82) is 0 Å². The summed E-state index contributed by atoms with van der Waals surface area (Å²) < 4.78 is 0. The average Bonchev–Trinajstić information content (AvgIpc) is 2.50. The maximum atomic E-state index is 12.2. The van der Waals surface area contributed by atoms with Crippen molar-refractivity contribution in [2.75, 3.05) is 13.6 Å². The molecule has 4 heteroatoms. The van der Waals surface area contributed by atoms with Crippen molar-refractivity contribution in [3.63, 3.8) is 0 Å². The fourth-order valence-corrected chi connectivity index (χ4v) is 2.18. The molecule has 1 amide bonds. The minimum absolute atomic E-state index is 0.122. The molecule has 0 spiro atoms. The van der Waals surface area contributed by atoms with Gasteiger partial charge in [0, 0.05) is 13.6 Å². The van der Waals surface area contributed by atoms with E-state index in [0.29, 0.717) is 6.54 Å². The number of aryl methyl sites for hydroxylation is 1. The molecule has 0 aliphatic rings. The maximum Gasteiger partial charge on any atom is 0.257 e. The lowest BCUT2D eigenvalue weighted by atomic mass is 10.1. The summed E-state index contributed by atoms with van der Waals surface area (Å²) in [6, 6.07) is 14.5. The highest BCUT2D eigenvalue weighted by Crippen LogP contribution is 2.28. The van der Waals surface area contributed by atoms with Crippen molar-refractivity contribution in [3.8, 4) is 11.5 Å². The average molecular weight is 285 g/mol. The molecule has 0 fully saturated rings. The van der Waals surface area contributed by atoms with Gasteiger partial charge in [-0.25, -0.2) is 0 Å². The predicted molar refractivity (Wildman–Crippen MR) is 81.5 cm³/mol. The molecule has 2 aromatic carbocycles. The third kappa shape index (κ3) is 3.75. The van der Waals surface area contributed by atoms with Gasteiger partial charge in [-0.15, -0.1) is 0 Å². The fraction of sp³-hybridized carbons (Fsp3) is 0.235. The molecule has 2 N–H and O–H groups in total. The van der Waals surface area contributed by atoms with E-state index in [2.05, 4.69) is 12.1 Å². The molecule has 0 bridgehead atoms. The van der Waals surface area contributed by atoms with Gasteiger partial charge >= 0.3 is 0 Å². The number of rotatable bonds is 5. The molecule has 21 heavy (non-hydrogen) atoms. The van der Waals surface area contributed by atoms with Gasteiger partial charge in [0.2, 0.25) is 0 Å². The summed E-state index contributed by atoms with van der Waals surface area (Å²) in [6.07, 6.45) is 1.73. The molecule has 0 aliphatic heterocycles. The van der Waals surface area contributed by atoms with E-state index in [-0.39, 0.29) is 23.0 Å². The zero-order chi connectivity index (χ0) is 15.2. The largest absolute Gasteiger partial charge is 0.504 e. The highest BCUT2D eigenvalue weighted by molar-refractivity contribution is 5.97. The summed E-state index contributed by atoms with van der Waals surface area (Å²) >= 11 is 0. The molecule has 4 nitrogen and oxygen atoms in total. The Morgan fingerprint density at radius 2 is 1.76 bits per heavy atom. The lowest BCUT2D eigenvalue weighted by Crippen LogP contribution is -2.28. The summed E-state index contributed by atoms with van der Waals surface area (Å²) in [6.45, 7) is 0.586. The van der Waals surface area contributed by atoms with Crippen LogP contribution in [0.15, 0.2) is 48.5 Å². The quantitative estimate of drug-likeness (QED) is 0.830. The van der Waals surface area contributed by atoms with Gasteiger partial charge in [0.15, 0.2) is 11.5 Å². The number of phenolic OH excluding ortho intramolecular Hbond substituents is 2. The summed E-state index contributed by atoms with van der Waals surface area (Å²) in [5.74, 6) is -0.938. The normalized spacial score (nSPS) is 10.3. The van der Waals surface area contributed by atoms with E-state index in [4.69, 9.17) is 0 Å². The second-order valence-corrected chi connectivity index (χ2v) is 4.99. The maximum absolute atomic E-state index is 12.2. The van der Waals surface area contributed by atoms with Crippen molar-refractivity contribution in [1.82, 2.24) is 4.90 Å². The van der Waals surface area contributed by atoms with Crippen LogP contribution in [-0.4, -0.2) is 34.6 Å². The highest BCUT2D eigenvalue weighted by Gasteiger charge is 2.17. The van der Waals surface area contributed by atoms with Crippen LogP contribution in [0, 0.1) is 0 Å². The topological polar surface area (TPSA) is 60.8 Å². The number of benzene rings is 2. The predicted octanol–water partition coefficient (Wildman–Crippen LogP) is 2.80. The Kier molecular flexibility index (Phi) is 4.82. The van der Waals surface area contributed by atoms with E-state index in [9.17, 15) is 15.0 Å². The Hall–Kier alpha value is -2.49. The Morgan fingerprint density at radius 1 is 1.05 bits per heavy atom. The van der Waals surface area contributed by atoms with Crippen molar-refractivity contribution in [2.24, 2.45) is 0 Å². The zero-order valence-corrected chi connectivity index (χ0v) is 12.0. The number of aromatic hydroxyl groups is 2. The molecular formula is C17H19NO3. The summed E-state index contributed by atoms with van der Waals surface area (Å²) in [7, 11) is 1.69. The lowest BCUT2D eigenvalue weighted by molar-refractivity contribution is 0.0790. The molecular weight excluding hydrogens is 266 g/mol. The molecule has 0 atom stereocenters. The number of hydrogen-bond donors (Lipinski definition) is 2. The van der Waals surface area contributed by atoms with E-state index in [1.165, 1.54) is 17.7 Å². The number of para-hydroxylation sites is 1. The van der Waals surface area contributed by atoms with Gasteiger partial charge in [-0.05, 0) is 30.5 Å².